The van der Waals surface area contributed by atoms with Crippen LogP contribution in [-0.4, -0.2) is 53.4 Å². The van der Waals surface area contributed by atoms with Crippen LogP contribution < -0.4 is 5.32 Å². The fourth-order valence-electron chi connectivity index (χ4n) is 4.40. The monoisotopic (exact) mass is 496 g/mol. The predicted octanol–water partition coefficient (Wildman–Crippen LogP) is 4.54. The molecular weight excluding hydrogens is 470 g/mol. The lowest BCUT2D eigenvalue weighted by Gasteiger charge is -2.34. The molecule has 35 heavy (non-hydrogen) atoms. The first kappa shape index (κ1) is 23.6. The number of thiophene rings is 1. The third-order valence-corrected chi connectivity index (χ3v) is 7.42. The van der Waals surface area contributed by atoms with Gasteiger partial charge in [-0.2, -0.15) is 5.10 Å². The van der Waals surface area contributed by atoms with Gasteiger partial charge in [0.05, 0.1) is 36.4 Å². The molecule has 0 unspecified atom stereocenters. The number of halogens is 2. The van der Waals surface area contributed by atoms with Crippen molar-refractivity contribution < 1.29 is 18.3 Å². The Morgan fingerprint density at radius 2 is 1.74 bits per heavy atom. The summed E-state index contributed by atoms with van der Waals surface area (Å²) in [6.07, 6.45) is 0. The maximum atomic E-state index is 13.5. The van der Waals surface area contributed by atoms with Crippen LogP contribution in [0.3, 0.4) is 0 Å². The number of nitrogens with one attached hydrogen (secondary N) is 1. The van der Waals surface area contributed by atoms with Crippen LogP contribution in [-0.2, 0) is 11.3 Å². The summed E-state index contributed by atoms with van der Waals surface area (Å²) in [6.45, 7) is 5.58. The quantitative estimate of drug-likeness (QED) is 0.408. The molecule has 5 rings (SSSR count). The van der Waals surface area contributed by atoms with Crippen molar-refractivity contribution in [2.24, 2.45) is 0 Å². The number of benzene rings is 2. The van der Waals surface area contributed by atoms with Crippen molar-refractivity contribution in [2.75, 3.05) is 32.8 Å². The van der Waals surface area contributed by atoms with E-state index >= 15 is 0 Å². The van der Waals surface area contributed by atoms with Crippen LogP contribution in [0.15, 0.2) is 54.6 Å². The van der Waals surface area contributed by atoms with Gasteiger partial charge in [0.2, 0.25) is 0 Å². The Hall–Kier alpha value is -3.14. The zero-order valence-corrected chi connectivity index (χ0v) is 20.2. The summed E-state index contributed by atoms with van der Waals surface area (Å²) < 4.78 is 34.1. The van der Waals surface area contributed by atoms with E-state index in [9.17, 15) is 13.6 Å². The van der Waals surface area contributed by atoms with Gasteiger partial charge < -0.3 is 10.1 Å². The number of hydrogen-bond donors (Lipinski definition) is 1. The Morgan fingerprint density at radius 1 is 1.09 bits per heavy atom. The Labute approximate surface area is 206 Å². The van der Waals surface area contributed by atoms with Gasteiger partial charge in [0.1, 0.15) is 16.5 Å². The van der Waals surface area contributed by atoms with Gasteiger partial charge >= 0.3 is 0 Å². The second-order valence-electron chi connectivity index (χ2n) is 8.62. The molecule has 1 fully saturated rings. The van der Waals surface area contributed by atoms with Gasteiger partial charge in [0, 0.05) is 25.0 Å². The first-order chi connectivity index (χ1) is 17.0. The van der Waals surface area contributed by atoms with Crippen molar-refractivity contribution >= 4 is 27.5 Å². The third kappa shape index (κ3) is 5.27. The summed E-state index contributed by atoms with van der Waals surface area (Å²) in [5.41, 5.74) is 2.73. The van der Waals surface area contributed by atoms with Crippen LogP contribution in [0.25, 0.3) is 10.2 Å². The highest BCUT2D eigenvalue weighted by atomic mass is 32.1. The number of morpholine rings is 1. The second-order valence-corrected chi connectivity index (χ2v) is 9.66. The molecule has 1 aliphatic rings. The fourth-order valence-corrected chi connectivity index (χ4v) is 5.48. The van der Waals surface area contributed by atoms with Crippen molar-refractivity contribution in [3.8, 4) is 0 Å². The zero-order valence-electron chi connectivity index (χ0n) is 19.3. The molecular formula is C26H26F2N4O2S. The molecule has 1 N–H and O–H groups in total. The fraction of sp³-hybridized carbons (Fsp3) is 0.308. The summed E-state index contributed by atoms with van der Waals surface area (Å²) in [5, 5.41) is 8.62. The Kier molecular flexibility index (Phi) is 6.90. The first-order valence-electron chi connectivity index (χ1n) is 11.5. The molecule has 0 saturated carbocycles. The molecule has 0 aliphatic carbocycles. The predicted molar refractivity (Wildman–Crippen MR) is 132 cm³/mol. The highest BCUT2D eigenvalue weighted by Crippen LogP contribution is 2.29. The number of carbonyl (C=O) groups is 1. The first-order valence-corrected chi connectivity index (χ1v) is 12.4. The van der Waals surface area contributed by atoms with Crippen LogP contribution in [0.5, 0.6) is 0 Å². The molecule has 0 bridgehead atoms. The second kappa shape index (κ2) is 10.2. The minimum absolute atomic E-state index is 0.0754. The maximum absolute atomic E-state index is 13.5. The zero-order chi connectivity index (χ0) is 24.4. The number of rotatable bonds is 7. The average molecular weight is 497 g/mol. The smallest absolute Gasteiger partial charge is 0.261 e. The molecule has 2 aromatic heterocycles. The van der Waals surface area contributed by atoms with Crippen molar-refractivity contribution in [3.63, 3.8) is 0 Å². The van der Waals surface area contributed by atoms with Gasteiger partial charge in [0.15, 0.2) is 0 Å². The van der Waals surface area contributed by atoms with E-state index in [4.69, 9.17) is 4.74 Å². The van der Waals surface area contributed by atoms with E-state index in [0.29, 0.717) is 31.2 Å². The van der Waals surface area contributed by atoms with E-state index in [1.54, 1.807) is 24.3 Å². The molecule has 4 aromatic rings. The van der Waals surface area contributed by atoms with E-state index in [2.05, 4.69) is 15.3 Å². The third-order valence-electron chi connectivity index (χ3n) is 6.27. The van der Waals surface area contributed by atoms with Crippen molar-refractivity contribution in [2.45, 2.75) is 19.5 Å². The summed E-state index contributed by atoms with van der Waals surface area (Å²) >= 11 is 1.39. The van der Waals surface area contributed by atoms with Gasteiger partial charge in [-0.25, -0.2) is 8.78 Å². The van der Waals surface area contributed by atoms with Gasteiger partial charge in [-0.05, 0) is 48.4 Å². The molecule has 3 heterocycles. The summed E-state index contributed by atoms with van der Waals surface area (Å²) in [4.78, 5) is 16.9. The largest absolute Gasteiger partial charge is 0.379 e. The number of aromatic nitrogens is 2. The number of hydrogen-bond acceptors (Lipinski definition) is 5. The van der Waals surface area contributed by atoms with Gasteiger partial charge in [-0.1, -0.05) is 24.3 Å². The van der Waals surface area contributed by atoms with E-state index < -0.39 is 0 Å². The molecule has 1 aliphatic heterocycles. The molecule has 0 spiro atoms. The van der Waals surface area contributed by atoms with Crippen molar-refractivity contribution in [1.29, 1.82) is 0 Å². The Balaban J connectivity index is 1.33. The SMILES string of the molecule is Cc1nn(Cc2ccc(F)cc2)c2sc(C(=O)NC[C@@H](c3ccc(F)cc3)N3CCOCC3)cc12. The molecule has 182 valence electrons. The molecule has 1 saturated heterocycles. The molecule has 0 radical (unpaired) electrons. The van der Waals surface area contributed by atoms with Gasteiger partial charge in [-0.15, -0.1) is 11.3 Å². The highest BCUT2D eigenvalue weighted by molar-refractivity contribution is 7.20. The molecule has 1 atom stereocenters. The lowest BCUT2D eigenvalue weighted by Crippen LogP contribution is -2.43. The average Bonchev–Trinajstić information content (AvgIpc) is 3.43. The summed E-state index contributed by atoms with van der Waals surface area (Å²) in [5.74, 6) is -0.713. The molecule has 6 nitrogen and oxygen atoms in total. The highest BCUT2D eigenvalue weighted by Gasteiger charge is 2.24. The molecule has 2 aromatic carbocycles. The number of amides is 1. The van der Waals surface area contributed by atoms with Crippen LogP contribution >= 0.6 is 11.3 Å². The number of aryl methyl sites for hydroxylation is 1. The van der Waals surface area contributed by atoms with Crippen LogP contribution in [0.4, 0.5) is 8.78 Å². The lowest BCUT2D eigenvalue weighted by molar-refractivity contribution is 0.0162. The van der Waals surface area contributed by atoms with Crippen molar-refractivity contribution in [3.05, 3.63) is 87.9 Å². The van der Waals surface area contributed by atoms with E-state index in [-0.39, 0.29) is 23.6 Å². The van der Waals surface area contributed by atoms with Gasteiger partial charge in [0.25, 0.3) is 5.91 Å². The standard InChI is InChI=1S/C26H26F2N4O2S/c1-17-22-14-24(35-26(22)32(30-17)16-18-2-6-20(27)7-3-18)25(33)29-15-23(31-10-12-34-13-11-31)19-4-8-21(28)9-5-19/h2-9,14,23H,10-13,15-16H2,1H3,(H,29,33)/t23-/m0/s1. The number of carbonyl (C=O) groups excluding carboxylic acids is 1. The molecule has 1 amide bonds. The summed E-state index contributed by atoms with van der Waals surface area (Å²) in [7, 11) is 0. The maximum Gasteiger partial charge on any atom is 0.261 e. The van der Waals surface area contributed by atoms with E-state index in [1.807, 2.05) is 17.7 Å². The number of fused-ring (bicyclic) bond motifs is 1. The normalized spacial score (nSPS) is 15.4. The minimum atomic E-state index is -0.283. The number of ether oxygens (including phenoxy) is 1. The topological polar surface area (TPSA) is 59.4 Å². The Bertz CT molecular complexity index is 1310. The number of nitrogens with zero attached hydrogens (tertiary/aromatic N) is 3. The van der Waals surface area contributed by atoms with E-state index in [0.717, 1.165) is 40.1 Å². The van der Waals surface area contributed by atoms with Crippen LogP contribution in [0.1, 0.15) is 32.5 Å². The summed E-state index contributed by atoms with van der Waals surface area (Å²) in [6, 6.07) is 14.6. The minimum Gasteiger partial charge on any atom is -0.379 e. The molecule has 9 heteroatoms. The van der Waals surface area contributed by atoms with Crippen LogP contribution in [0.2, 0.25) is 0 Å². The van der Waals surface area contributed by atoms with E-state index in [1.165, 1.54) is 35.6 Å². The Morgan fingerprint density at radius 3 is 2.43 bits per heavy atom. The van der Waals surface area contributed by atoms with Gasteiger partial charge in [-0.3, -0.25) is 14.4 Å². The van der Waals surface area contributed by atoms with Crippen molar-refractivity contribution in [1.82, 2.24) is 20.0 Å². The van der Waals surface area contributed by atoms with Crippen LogP contribution in [0, 0.1) is 18.6 Å². The lowest BCUT2D eigenvalue weighted by atomic mass is 10.0.